The summed E-state index contributed by atoms with van der Waals surface area (Å²) in [5.41, 5.74) is 1.75. The first-order valence-corrected chi connectivity index (χ1v) is 15.0. The predicted molar refractivity (Wildman–Crippen MR) is 150 cm³/mol. The van der Waals surface area contributed by atoms with Crippen molar-refractivity contribution in [3.63, 3.8) is 0 Å². The summed E-state index contributed by atoms with van der Waals surface area (Å²) in [6, 6.07) is 8.59. The molecule has 0 aliphatic rings. The van der Waals surface area contributed by atoms with Crippen molar-refractivity contribution in [2.24, 2.45) is 17.3 Å². The molecule has 0 saturated heterocycles. The fourth-order valence-corrected chi connectivity index (χ4v) is 5.84. The van der Waals surface area contributed by atoms with Crippen LogP contribution in [0.15, 0.2) is 24.3 Å². The van der Waals surface area contributed by atoms with Crippen LogP contribution in [-0.2, 0) is 14.5 Å². The summed E-state index contributed by atoms with van der Waals surface area (Å²) in [6.45, 7) is 22.0. The maximum absolute atomic E-state index is 6.30. The van der Waals surface area contributed by atoms with Crippen molar-refractivity contribution in [2.45, 2.75) is 126 Å². The van der Waals surface area contributed by atoms with Gasteiger partial charge >= 0.3 is 8.60 Å². The molecule has 34 heavy (non-hydrogen) atoms. The number of hydrogen-bond acceptors (Lipinski definition) is 3. The fourth-order valence-electron chi connectivity index (χ4n) is 4.70. The number of benzene rings is 1. The molecule has 0 bridgehead atoms. The first-order chi connectivity index (χ1) is 16.0. The molecule has 0 radical (unpaired) electrons. The monoisotopic (exact) mass is 494 g/mol. The summed E-state index contributed by atoms with van der Waals surface area (Å²) in [5.74, 6) is 1.98. The Morgan fingerprint density at radius 2 is 1.21 bits per heavy atom. The Hall–Kier alpha value is -0.630. The lowest BCUT2D eigenvalue weighted by molar-refractivity contribution is 0.152. The van der Waals surface area contributed by atoms with Crippen LogP contribution in [0, 0.1) is 17.3 Å². The zero-order valence-electron chi connectivity index (χ0n) is 23.9. The third kappa shape index (κ3) is 12.9. The molecule has 0 spiro atoms. The average Bonchev–Trinajstić information content (AvgIpc) is 2.77. The second-order valence-corrected chi connectivity index (χ2v) is 13.0. The van der Waals surface area contributed by atoms with E-state index in [1.54, 1.807) is 0 Å². The molecule has 1 aromatic carbocycles. The van der Waals surface area contributed by atoms with Gasteiger partial charge in [-0.25, -0.2) is 0 Å². The van der Waals surface area contributed by atoms with Crippen LogP contribution in [-0.4, -0.2) is 13.2 Å². The van der Waals surface area contributed by atoms with E-state index in [1.807, 2.05) is 0 Å². The van der Waals surface area contributed by atoms with Crippen LogP contribution < -0.4 is 4.52 Å². The highest BCUT2D eigenvalue weighted by atomic mass is 31.2. The summed E-state index contributed by atoms with van der Waals surface area (Å²) < 4.78 is 18.9. The van der Waals surface area contributed by atoms with Crippen molar-refractivity contribution in [2.75, 3.05) is 13.2 Å². The molecule has 0 aromatic heterocycles. The second kappa shape index (κ2) is 16.2. The zero-order valence-corrected chi connectivity index (χ0v) is 24.8. The Kier molecular flexibility index (Phi) is 14.9. The van der Waals surface area contributed by atoms with Crippen molar-refractivity contribution in [3.8, 4) is 5.75 Å². The van der Waals surface area contributed by atoms with Crippen molar-refractivity contribution in [1.82, 2.24) is 0 Å². The summed E-state index contributed by atoms with van der Waals surface area (Å²) in [4.78, 5) is 0. The molecule has 2 unspecified atom stereocenters. The molecule has 0 heterocycles. The Bertz CT molecular complexity index is 615. The van der Waals surface area contributed by atoms with Crippen molar-refractivity contribution >= 4 is 8.60 Å². The minimum Gasteiger partial charge on any atom is -0.427 e. The summed E-state index contributed by atoms with van der Waals surface area (Å²) >= 11 is 0. The minimum absolute atomic E-state index is 0.121. The molecule has 0 aliphatic carbocycles. The third-order valence-electron chi connectivity index (χ3n) is 6.71. The molecule has 1 rings (SSSR count). The summed E-state index contributed by atoms with van der Waals surface area (Å²) in [6.07, 6.45) is 10.8. The van der Waals surface area contributed by atoms with Gasteiger partial charge in [-0.1, -0.05) is 113 Å². The molecular formula is C30H55O3P. The molecule has 4 heteroatoms. The molecule has 0 saturated carbocycles. The van der Waals surface area contributed by atoms with Gasteiger partial charge in [-0.2, -0.15) is 0 Å². The quantitative estimate of drug-likeness (QED) is 0.190. The van der Waals surface area contributed by atoms with Gasteiger partial charge in [0.05, 0.1) is 13.2 Å². The molecule has 0 fully saturated rings. The van der Waals surface area contributed by atoms with E-state index in [9.17, 15) is 0 Å². The first kappa shape index (κ1) is 31.4. The Morgan fingerprint density at radius 3 is 1.59 bits per heavy atom. The van der Waals surface area contributed by atoms with Gasteiger partial charge in [0, 0.05) is 0 Å². The van der Waals surface area contributed by atoms with Gasteiger partial charge in [-0.05, 0) is 59.6 Å². The van der Waals surface area contributed by atoms with Crippen LogP contribution >= 0.6 is 8.60 Å². The highest BCUT2D eigenvalue weighted by Gasteiger charge is 2.27. The zero-order chi connectivity index (χ0) is 25.6. The van der Waals surface area contributed by atoms with Crippen molar-refractivity contribution in [1.29, 1.82) is 0 Å². The van der Waals surface area contributed by atoms with E-state index in [2.05, 4.69) is 86.6 Å². The first-order valence-electron chi connectivity index (χ1n) is 13.9. The van der Waals surface area contributed by atoms with Crippen LogP contribution in [0.1, 0.15) is 126 Å². The lowest BCUT2D eigenvalue weighted by Gasteiger charge is -2.33. The minimum atomic E-state index is -1.40. The number of unbranched alkanes of at least 4 members (excludes halogenated alkanes) is 2. The Morgan fingerprint density at radius 1 is 0.735 bits per heavy atom. The van der Waals surface area contributed by atoms with Crippen molar-refractivity contribution < 1.29 is 13.6 Å². The SMILES string of the molecule is CCCCC(CC)COP(OCC(CC)CCCC)Oc1ccc(C(C)(C)CC(C)(C)C)cc1. The van der Waals surface area contributed by atoms with E-state index in [4.69, 9.17) is 13.6 Å². The third-order valence-corrected chi connectivity index (χ3v) is 7.79. The van der Waals surface area contributed by atoms with Crippen LogP contribution in [0.5, 0.6) is 5.75 Å². The molecule has 0 aliphatic heterocycles. The molecule has 0 amide bonds. The van der Waals surface area contributed by atoms with Gasteiger partial charge in [0.2, 0.25) is 0 Å². The summed E-state index contributed by atoms with van der Waals surface area (Å²) in [5, 5.41) is 0. The predicted octanol–water partition coefficient (Wildman–Crippen LogP) is 10.5. The van der Waals surface area contributed by atoms with Gasteiger partial charge in [-0.3, -0.25) is 0 Å². The molecule has 198 valence electrons. The van der Waals surface area contributed by atoms with Crippen LogP contribution in [0.3, 0.4) is 0 Å². The van der Waals surface area contributed by atoms with E-state index < -0.39 is 8.60 Å². The van der Waals surface area contributed by atoms with E-state index in [0.717, 1.165) is 25.0 Å². The molecule has 2 atom stereocenters. The normalized spacial score (nSPS) is 15.2. The van der Waals surface area contributed by atoms with E-state index >= 15 is 0 Å². The lowest BCUT2D eigenvalue weighted by Crippen LogP contribution is -2.24. The van der Waals surface area contributed by atoms with Gasteiger partial charge < -0.3 is 13.6 Å². The molecule has 0 N–H and O–H groups in total. The topological polar surface area (TPSA) is 27.7 Å². The largest absolute Gasteiger partial charge is 0.427 e. The maximum Gasteiger partial charge on any atom is 0.397 e. The van der Waals surface area contributed by atoms with Crippen molar-refractivity contribution in [3.05, 3.63) is 29.8 Å². The van der Waals surface area contributed by atoms with E-state index in [-0.39, 0.29) is 10.8 Å². The average molecular weight is 495 g/mol. The highest BCUT2D eigenvalue weighted by molar-refractivity contribution is 7.42. The van der Waals surface area contributed by atoms with Gasteiger partial charge in [0.15, 0.2) is 0 Å². The van der Waals surface area contributed by atoms with E-state index in [1.165, 1.54) is 44.1 Å². The number of hydrogen-bond donors (Lipinski definition) is 0. The maximum atomic E-state index is 6.30. The fraction of sp³-hybridized carbons (Fsp3) is 0.800. The highest BCUT2D eigenvalue weighted by Crippen LogP contribution is 2.43. The van der Waals surface area contributed by atoms with Gasteiger partial charge in [-0.15, -0.1) is 0 Å². The standard InChI is InChI=1S/C30H55O3P/c1-10-14-16-25(12-3)22-31-34(32-23-26(13-4)17-15-11-2)33-28-20-18-27(19-21-28)30(8,9)24-29(5,6)7/h18-21,25-26H,10-17,22-24H2,1-9H3. The van der Waals surface area contributed by atoms with Gasteiger partial charge in [0.25, 0.3) is 0 Å². The smallest absolute Gasteiger partial charge is 0.397 e. The van der Waals surface area contributed by atoms with Crippen LogP contribution in [0.2, 0.25) is 0 Å². The van der Waals surface area contributed by atoms with E-state index in [0.29, 0.717) is 25.0 Å². The molecule has 1 aromatic rings. The number of rotatable bonds is 18. The lowest BCUT2D eigenvalue weighted by atomic mass is 9.72. The second-order valence-electron chi connectivity index (χ2n) is 11.9. The van der Waals surface area contributed by atoms with Crippen LogP contribution in [0.4, 0.5) is 0 Å². The van der Waals surface area contributed by atoms with Crippen LogP contribution in [0.25, 0.3) is 0 Å². The summed E-state index contributed by atoms with van der Waals surface area (Å²) in [7, 11) is -1.40. The Balaban J connectivity index is 2.85. The molecule has 3 nitrogen and oxygen atoms in total. The van der Waals surface area contributed by atoms with Gasteiger partial charge in [0.1, 0.15) is 5.75 Å². The molecular weight excluding hydrogens is 439 g/mol. The Labute approximate surface area is 213 Å².